The molecule has 0 N–H and O–H groups in total. The SMILES string of the molecule is CSCCCCC1CC(OC(F)(F)F)C1. The molecule has 1 nitrogen and oxygen atoms in total. The van der Waals surface area contributed by atoms with Gasteiger partial charge in [0.2, 0.25) is 0 Å². The van der Waals surface area contributed by atoms with Gasteiger partial charge in [0.1, 0.15) is 0 Å². The summed E-state index contributed by atoms with van der Waals surface area (Å²) in [6.07, 6.45) is 1.56. The third kappa shape index (κ3) is 5.66. The zero-order valence-corrected chi connectivity index (χ0v) is 9.66. The number of alkyl halides is 3. The molecule has 0 spiro atoms. The molecular formula is C10H17F3OS. The number of halogens is 3. The fraction of sp³-hybridized carbons (Fsp3) is 1.00. The summed E-state index contributed by atoms with van der Waals surface area (Å²) < 4.78 is 39.3. The van der Waals surface area contributed by atoms with Crippen LogP contribution in [0.1, 0.15) is 32.1 Å². The molecule has 0 heterocycles. The lowest BCUT2D eigenvalue weighted by atomic mass is 9.79. The first kappa shape index (κ1) is 13.2. The van der Waals surface area contributed by atoms with Crippen molar-refractivity contribution in [2.45, 2.75) is 44.6 Å². The number of hydrogen-bond donors (Lipinski definition) is 0. The van der Waals surface area contributed by atoms with Gasteiger partial charge >= 0.3 is 6.36 Å². The summed E-state index contributed by atoms with van der Waals surface area (Å²) in [7, 11) is 0. The van der Waals surface area contributed by atoms with E-state index < -0.39 is 12.5 Å². The Morgan fingerprint density at radius 1 is 1.27 bits per heavy atom. The van der Waals surface area contributed by atoms with Crippen LogP contribution >= 0.6 is 11.8 Å². The highest BCUT2D eigenvalue weighted by Gasteiger charge is 2.39. The van der Waals surface area contributed by atoms with Crippen LogP contribution in [0.2, 0.25) is 0 Å². The van der Waals surface area contributed by atoms with Crippen molar-refractivity contribution in [1.82, 2.24) is 0 Å². The Kier molecular flexibility index (Phi) is 5.26. The van der Waals surface area contributed by atoms with Crippen molar-refractivity contribution in [3.63, 3.8) is 0 Å². The van der Waals surface area contributed by atoms with Crippen LogP contribution in [-0.2, 0) is 4.74 Å². The van der Waals surface area contributed by atoms with E-state index >= 15 is 0 Å². The molecule has 0 amide bonds. The first-order valence-corrected chi connectivity index (χ1v) is 6.64. The van der Waals surface area contributed by atoms with Gasteiger partial charge in [-0.25, -0.2) is 0 Å². The predicted octanol–water partition coefficient (Wildman–Crippen LogP) is 3.83. The molecule has 0 aromatic rings. The topological polar surface area (TPSA) is 9.23 Å². The maximum absolute atomic E-state index is 11.8. The van der Waals surface area contributed by atoms with E-state index in [0.29, 0.717) is 18.8 Å². The van der Waals surface area contributed by atoms with Gasteiger partial charge in [-0.3, -0.25) is 4.74 Å². The van der Waals surface area contributed by atoms with Crippen molar-refractivity contribution in [2.75, 3.05) is 12.0 Å². The zero-order valence-electron chi connectivity index (χ0n) is 8.85. The highest BCUT2D eigenvalue weighted by Crippen LogP contribution is 2.37. The van der Waals surface area contributed by atoms with Crippen LogP contribution in [0.3, 0.4) is 0 Å². The lowest BCUT2D eigenvalue weighted by molar-refractivity contribution is -0.354. The Morgan fingerprint density at radius 2 is 1.93 bits per heavy atom. The van der Waals surface area contributed by atoms with Crippen molar-refractivity contribution in [3.8, 4) is 0 Å². The normalized spacial score (nSPS) is 26.4. The second-order valence-corrected chi connectivity index (χ2v) is 5.00. The summed E-state index contributed by atoms with van der Waals surface area (Å²) in [5, 5.41) is 0. The molecule has 0 aromatic carbocycles. The van der Waals surface area contributed by atoms with E-state index in [1.807, 2.05) is 11.8 Å². The summed E-state index contributed by atoms with van der Waals surface area (Å²) >= 11 is 1.81. The molecule has 1 fully saturated rings. The van der Waals surface area contributed by atoms with Crippen molar-refractivity contribution < 1.29 is 17.9 Å². The largest absolute Gasteiger partial charge is 0.522 e. The van der Waals surface area contributed by atoms with Crippen LogP contribution in [0.4, 0.5) is 13.2 Å². The van der Waals surface area contributed by atoms with Gasteiger partial charge in [-0.05, 0) is 37.2 Å². The zero-order chi connectivity index (χ0) is 11.3. The minimum atomic E-state index is -4.45. The summed E-state index contributed by atoms with van der Waals surface area (Å²) in [5.41, 5.74) is 0. The molecule has 1 aliphatic rings. The maximum Gasteiger partial charge on any atom is 0.522 e. The number of unbranched alkanes of at least 4 members (excludes halogenated alkanes) is 1. The standard InChI is InChI=1S/C10H17F3OS/c1-15-5-3-2-4-8-6-9(7-8)14-10(11,12)13/h8-9H,2-7H2,1H3. The first-order valence-electron chi connectivity index (χ1n) is 5.24. The Hall–Kier alpha value is 0.100. The van der Waals surface area contributed by atoms with Gasteiger partial charge in [0.05, 0.1) is 6.10 Å². The summed E-state index contributed by atoms with van der Waals surface area (Å²) in [6, 6.07) is 0. The van der Waals surface area contributed by atoms with Crippen LogP contribution in [0, 0.1) is 5.92 Å². The maximum atomic E-state index is 11.8. The lowest BCUT2D eigenvalue weighted by Crippen LogP contribution is -2.35. The molecule has 0 bridgehead atoms. The smallest absolute Gasteiger partial charge is 0.289 e. The first-order chi connectivity index (χ1) is 7.01. The highest BCUT2D eigenvalue weighted by molar-refractivity contribution is 7.98. The Morgan fingerprint density at radius 3 is 2.47 bits per heavy atom. The summed E-state index contributed by atoms with van der Waals surface area (Å²) in [5.74, 6) is 1.61. The van der Waals surface area contributed by atoms with E-state index in [0.717, 1.165) is 18.6 Å². The molecule has 1 saturated carbocycles. The Labute approximate surface area is 92.8 Å². The number of hydrogen-bond acceptors (Lipinski definition) is 2. The Bertz CT molecular complexity index is 178. The molecule has 90 valence electrons. The van der Waals surface area contributed by atoms with E-state index in [-0.39, 0.29) is 0 Å². The van der Waals surface area contributed by atoms with Crippen LogP contribution in [-0.4, -0.2) is 24.5 Å². The van der Waals surface area contributed by atoms with Crippen LogP contribution in [0.5, 0.6) is 0 Å². The van der Waals surface area contributed by atoms with Gasteiger partial charge < -0.3 is 0 Å². The van der Waals surface area contributed by atoms with Gasteiger partial charge in [0.25, 0.3) is 0 Å². The Balaban J connectivity index is 1.96. The van der Waals surface area contributed by atoms with Gasteiger partial charge in [-0.15, -0.1) is 13.2 Å². The lowest BCUT2D eigenvalue weighted by Gasteiger charge is -2.35. The number of rotatable bonds is 6. The predicted molar refractivity (Wildman–Crippen MR) is 55.9 cm³/mol. The van der Waals surface area contributed by atoms with E-state index in [4.69, 9.17) is 0 Å². The molecule has 0 atom stereocenters. The second-order valence-electron chi connectivity index (χ2n) is 4.01. The number of thioether (sulfide) groups is 1. The van der Waals surface area contributed by atoms with Gasteiger partial charge in [-0.1, -0.05) is 12.8 Å². The molecule has 1 rings (SSSR count). The average Bonchev–Trinajstić information content (AvgIpc) is 2.05. The van der Waals surface area contributed by atoms with Crippen molar-refractivity contribution in [1.29, 1.82) is 0 Å². The quantitative estimate of drug-likeness (QED) is 0.654. The molecule has 15 heavy (non-hydrogen) atoms. The van der Waals surface area contributed by atoms with Gasteiger partial charge in [0, 0.05) is 0 Å². The molecular weight excluding hydrogens is 225 g/mol. The van der Waals surface area contributed by atoms with Crippen LogP contribution in [0.25, 0.3) is 0 Å². The average molecular weight is 242 g/mol. The van der Waals surface area contributed by atoms with Crippen LogP contribution < -0.4 is 0 Å². The van der Waals surface area contributed by atoms with Crippen molar-refractivity contribution in [2.24, 2.45) is 5.92 Å². The fourth-order valence-corrected chi connectivity index (χ4v) is 2.37. The molecule has 0 unspecified atom stereocenters. The second kappa shape index (κ2) is 5.99. The monoisotopic (exact) mass is 242 g/mol. The minimum Gasteiger partial charge on any atom is -0.289 e. The number of ether oxygens (including phenoxy) is 1. The van der Waals surface area contributed by atoms with E-state index in [1.54, 1.807) is 0 Å². The van der Waals surface area contributed by atoms with E-state index in [1.165, 1.54) is 6.42 Å². The van der Waals surface area contributed by atoms with Crippen molar-refractivity contribution >= 4 is 11.8 Å². The molecule has 0 aliphatic heterocycles. The molecule has 1 aliphatic carbocycles. The molecule has 0 saturated heterocycles. The van der Waals surface area contributed by atoms with E-state index in [9.17, 15) is 13.2 Å². The van der Waals surface area contributed by atoms with Crippen molar-refractivity contribution in [3.05, 3.63) is 0 Å². The third-order valence-electron chi connectivity index (χ3n) is 2.70. The summed E-state index contributed by atoms with van der Waals surface area (Å²) in [4.78, 5) is 0. The summed E-state index contributed by atoms with van der Waals surface area (Å²) in [6.45, 7) is 0. The van der Waals surface area contributed by atoms with Gasteiger partial charge in [-0.2, -0.15) is 11.8 Å². The van der Waals surface area contributed by atoms with E-state index in [2.05, 4.69) is 11.0 Å². The molecule has 5 heteroatoms. The molecule has 0 radical (unpaired) electrons. The van der Waals surface area contributed by atoms with Gasteiger partial charge in [0.15, 0.2) is 0 Å². The molecule has 0 aromatic heterocycles. The third-order valence-corrected chi connectivity index (χ3v) is 3.40. The van der Waals surface area contributed by atoms with Crippen LogP contribution in [0.15, 0.2) is 0 Å². The highest BCUT2D eigenvalue weighted by atomic mass is 32.2. The minimum absolute atomic E-state index is 0.458. The fourth-order valence-electron chi connectivity index (χ4n) is 1.87.